The van der Waals surface area contributed by atoms with E-state index in [4.69, 9.17) is 4.74 Å². The summed E-state index contributed by atoms with van der Waals surface area (Å²) >= 11 is 0. The van der Waals surface area contributed by atoms with Crippen LogP contribution in [0.1, 0.15) is 11.7 Å². The van der Waals surface area contributed by atoms with E-state index in [2.05, 4.69) is 9.80 Å². The molecule has 0 amide bonds. The minimum absolute atomic E-state index is 0.151. The van der Waals surface area contributed by atoms with Crippen LogP contribution in [-0.4, -0.2) is 82.6 Å². The first-order valence-electron chi connectivity index (χ1n) is 7.72. The summed E-state index contributed by atoms with van der Waals surface area (Å²) in [6, 6.07) is 6.45. The van der Waals surface area contributed by atoms with E-state index in [1.165, 1.54) is 6.26 Å². The molecule has 1 heterocycles. The molecule has 2 rings (SSSR count). The molecule has 7 heteroatoms. The maximum absolute atomic E-state index is 11.5. The molecule has 0 aliphatic carbocycles. The average Bonchev–Trinajstić information content (AvgIpc) is 2.46. The molecule has 1 N–H and O–H groups in total. The second kappa shape index (κ2) is 7.72. The first kappa shape index (κ1) is 18.4. The Balaban J connectivity index is 1.94. The van der Waals surface area contributed by atoms with Gasteiger partial charge in [0, 0.05) is 32.4 Å². The van der Waals surface area contributed by atoms with Crippen LogP contribution in [0.3, 0.4) is 0 Å². The summed E-state index contributed by atoms with van der Waals surface area (Å²) in [6.07, 6.45) is 0.692. The van der Waals surface area contributed by atoms with Crippen molar-refractivity contribution in [1.29, 1.82) is 0 Å². The lowest BCUT2D eigenvalue weighted by Gasteiger charge is -2.35. The molecular weight excluding hydrogens is 316 g/mol. The van der Waals surface area contributed by atoms with Crippen molar-refractivity contribution in [3.8, 4) is 0 Å². The smallest absolute Gasteiger partial charge is 0.175 e. The third kappa shape index (κ3) is 5.54. The van der Waals surface area contributed by atoms with Crippen molar-refractivity contribution in [3.05, 3.63) is 29.8 Å². The van der Waals surface area contributed by atoms with Gasteiger partial charge in [-0.15, -0.1) is 0 Å². The van der Waals surface area contributed by atoms with Gasteiger partial charge >= 0.3 is 0 Å². The number of aliphatic hydroxyl groups is 1. The van der Waals surface area contributed by atoms with Gasteiger partial charge in [-0.1, -0.05) is 12.1 Å². The van der Waals surface area contributed by atoms with Crippen molar-refractivity contribution in [2.75, 3.05) is 53.1 Å². The monoisotopic (exact) mass is 342 g/mol. The quantitative estimate of drug-likeness (QED) is 0.806. The molecule has 2 atom stereocenters. The Morgan fingerprint density at radius 1 is 1.35 bits per heavy atom. The van der Waals surface area contributed by atoms with Gasteiger partial charge in [-0.2, -0.15) is 0 Å². The minimum Gasteiger partial charge on any atom is -0.387 e. The summed E-state index contributed by atoms with van der Waals surface area (Å²) in [5.41, 5.74) is 0.730. The van der Waals surface area contributed by atoms with Gasteiger partial charge in [-0.25, -0.2) is 8.42 Å². The van der Waals surface area contributed by atoms with E-state index in [0.29, 0.717) is 13.2 Å². The Kier molecular flexibility index (Phi) is 6.16. The minimum atomic E-state index is -3.20. The first-order valence-corrected chi connectivity index (χ1v) is 9.61. The fraction of sp³-hybridized carbons (Fsp3) is 0.625. The maximum Gasteiger partial charge on any atom is 0.175 e. The lowest BCUT2D eigenvalue weighted by molar-refractivity contribution is -0.0489. The highest BCUT2D eigenvalue weighted by Gasteiger charge is 2.23. The molecule has 6 nitrogen and oxygen atoms in total. The summed E-state index contributed by atoms with van der Waals surface area (Å²) in [5.74, 6) is 0. The molecule has 0 spiro atoms. The highest BCUT2D eigenvalue weighted by atomic mass is 32.2. The number of β-amino-alcohol motifs (C(OH)–C–C–N with tert-alkyl or cyclic N) is 1. The molecule has 1 aromatic rings. The summed E-state index contributed by atoms with van der Waals surface area (Å²) in [4.78, 5) is 4.55. The van der Waals surface area contributed by atoms with Gasteiger partial charge in [0.15, 0.2) is 9.84 Å². The molecule has 1 aliphatic rings. The Bertz CT molecular complexity index is 601. The van der Waals surface area contributed by atoms with Crippen LogP contribution in [0.5, 0.6) is 0 Å². The molecule has 1 saturated heterocycles. The number of aliphatic hydroxyl groups excluding tert-OH is 1. The van der Waals surface area contributed by atoms with E-state index in [1.807, 2.05) is 14.1 Å². The van der Waals surface area contributed by atoms with Gasteiger partial charge in [0.25, 0.3) is 0 Å². The lowest BCUT2D eigenvalue weighted by atomic mass is 10.1. The van der Waals surface area contributed by atoms with Crippen LogP contribution in [0.4, 0.5) is 0 Å². The zero-order chi connectivity index (χ0) is 17.0. The van der Waals surface area contributed by atoms with Gasteiger partial charge in [-0.05, 0) is 31.8 Å². The number of nitrogens with zero attached hydrogens (tertiary/aromatic N) is 2. The third-order valence-corrected chi connectivity index (χ3v) is 5.04. The molecule has 1 aromatic carbocycles. The summed E-state index contributed by atoms with van der Waals surface area (Å²) in [7, 11) is 0.824. The van der Waals surface area contributed by atoms with Crippen molar-refractivity contribution in [1.82, 2.24) is 9.80 Å². The predicted octanol–water partition coefficient (Wildman–Crippen LogP) is 0.386. The van der Waals surface area contributed by atoms with Crippen LogP contribution >= 0.6 is 0 Å². The van der Waals surface area contributed by atoms with E-state index < -0.39 is 15.9 Å². The SMILES string of the molecule is CN(C)C[C@H]1CN(C[C@H](O)c2ccc(S(C)(=O)=O)cc2)CCO1. The standard InChI is InChI=1S/C16H26N2O4S/c1-17(2)10-14-11-18(8-9-22-14)12-16(19)13-4-6-15(7-5-13)23(3,20)21/h4-7,14,16,19H,8-12H2,1-3H3/t14-,16-/m0/s1. The molecule has 1 fully saturated rings. The topological polar surface area (TPSA) is 70.1 Å². The van der Waals surface area contributed by atoms with Crippen LogP contribution in [0.15, 0.2) is 29.2 Å². The van der Waals surface area contributed by atoms with Crippen LogP contribution in [0.2, 0.25) is 0 Å². The van der Waals surface area contributed by atoms with Crippen molar-refractivity contribution >= 4 is 9.84 Å². The van der Waals surface area contributed by atoms with E-state index >= 15 is 0 Å². The number of hydrogen-bond donors (Lipinski definition) is 1. The van der Waals surface area contributed by atoms with Crippen molar-refractivity contribution in [2.45, 2.75) is 17.1 Å². The fourth-order valence-electron chi connectivity index (χ4n) is 2.75. The fourth-order valence-corrected chi connectivity index (χ4v) is 3.38. The van der Waals surface area contributed by atoms with Crippen LogP contribution in [-0.2, 0) is 14.6 Å². The van der Waals surface area contributed by atoms with Gasteiger partial charge in [0.2, 0.25) is 0 Å². The third-order valence-electron chi connectivity index (χ3n) is 3.92. The van der Waals surface area contributed by atoms with Gasteiger partial charge in [0.1, 0.15) is 0 Å². The Morgan fingerprint density at radius 2 is 2.00 bits per heavy atom. The number of ether oxygens (including phenoxy) is 1. The Morgan fingerprint density at radius 3 is 2.57 bits per heavy atom. The highest BCUT2D eigenvalue weighted by molar-refractivity contribution is 7.90. The first-order chi connectivity index (χ1) is 10.8. The largest absolute Gasteiger partial charge is 0.387 e. The summed E-state index contributed by atoms with van der Waals surface area (Å²) in [5, 5.41) is 10.4. The number of rotatable bonds is 6. The zero-order valence-corrected chi connectivity index (χ0v) is 14.8. The Hall–Kier alpha value is -0.990. The molecule has 23 heavy (non-hydrogen) atoms. The maximum atomic E-state index is 11.5. The molecule has 0 bridgehead atoms. The van der Waals surface area contributed by atoms with E-state index in [0.717, 1.165) is 25.2 Å². The number of sulfone groups is 1. The van der Waals surface area contributed by atoms with Crippen molar-refractivity contribution in [2.24, 2.45) is 0 Å². The summed E-state index contributed by atoms with van der Waals surface area (Å²) in [6.45, 7) is 3.62. The normalized spacial score (nSPS) is 21.5. The highest BCUT2D eigenvalue weighted by Crippen LogP contribution is 2.19. The lowest BCUT2D eigenvalue weighted by Crippen LogP contribution is -2.47. The van der Waals surface area contributed by atoms with Gasteiger partial charge in [0.05, 0.1) is 23.7 Å². The molecule has 0 aromatic heterocycles. The molecular formula is C16H26N2O4S. The van der Waals surface area contributed by atoms with Gasteiger partial charge in [-0.3, -0.25) is 4.90 Å². The molecule has 0 radical (unpaired) electrons. The number of benzene rings is 1. The second-order valence-corrected chi connectivity index (χ2v) is 8.39. The van der Waals surface area contributed by atoms with E-state index in [9.17, 15) is 13.5 Å². The van der Waals surface area contributed by atoms with Crippen molar-refractivity contribution in [3.63, 3.8) is 0 Å². The van der Waals surface area contributed by atoms with Gasteiger partial charge < -0.3 is 14.7 Å². The number of likely N-dealkylation sites (N-methyl/N-ethyl adjacent to an activating group) is 1. The van der Waals surface area contributed by atoms with Crippen LogP contribution < -0.4 is 0 Å². The second-order valence-electron chi connectivity index (χ2n) is 6.37. The number of hydrogen-bond acceptors (Lipinski definition) is 6. The average molecular weight is 342 g/mol. The van der Waals surface area contributed by atoms with Crippen LogP contribution in [0.25, 0.3) is 0 Å². The molecule has 1 aliphatic heterocycles. The predicted molar refractivity (Wildman–Crippen MR) is 89.2 cm³/mol. The summed E-state index contributed by atoms with van der Waals surface area (Å²) < 4.78 is 28.7. The van der Waals surface area contributed by atoms with E-state index in [1.54, 1.807) is 24.3 Å². The number of morpholine rings is 1. The Labute approximate surface area is 138 Å². The van der Waals surface area contributed by atoms with Crippen molar-refractivity contribution < 1.29 is 18.3 Å². The van der Waals surface area contributed by atoms with E-state index in [-0.39, 0.29) is 11.0 Å². The molecule has 0 saturated carbocycles. The zero-order valence-electron chi connectivity index (χ0n) is 14.0. The molecule has 130 valence electrons. The molecule has 0 unspecified atom stereocenters. The van der Waals surface area contributed by atoms with Crippen LogP contribution in [0, 0.1) is 0 Å².